The number of hydrogen-bond donors (Lipinski definition) is 0. The zero-order chi connectivity index (χ0) is 27.8. The van der Waals surface area contributed by atoms with Crippen molar-refractivity contribution in [2.75, 3.05) is 13.4 Å². The van der Waals surface area contributed by atoms with Gasteiger partial charge in [-0.15, -0.1) is 0 Å². The zero-order valence-corrected chi connectivity index (χ0v) is 22.4. The number of thiazole rings is 1. The fraction of sp³-hybridized carbons (Fsp3) is 0.296. The average molecular weight is 552 g/mol. The van der Waals surface area contributed by atoms with Gasteiger partial charge in [-0.05, 0) is 57.5 Å². The number of hydrogen-bond acceptors (Lipinski definition) is 10. The van der Waals surface area contributed by atoms with Crippen molar-refractivity contribution in [2.24, 2.45) is 4.99 Å². The summed E-state index contributed by atoms with van der Waals surface area (Å²) >= 11 is 1.07. The number of aromatic nitrogens is 1. The van der Waals surface area contributed by atoms with Crippen LogP contribution in [0.5, 0.6) is 17.2 Å². The van der Waals surface area contributed by atoms with Crippen molar-refractivity contribution in [1.82, 2.24) is 4.57 Å². The Morgan fingerprint density at radius 2 is 1.95 bits per heavy atom. The van der Waals surface area contributed by atoms with E-state index in [1.807, 2.05) is 13.8 Å². The van der Waals surface area contributed by atoms with Gasteiger partial charge in [-0.2, -0.15) is 0 Å². The van der Waals surface area contributed by atoms with Gasteiger partial charge >= 0.3 is 5.97 Å². The molecular formula is C27H25N3O8S. The molecule has 3 heterocycles. The van der Waals surface area contributed by atoms with Crippen LogP contribution in [0.1, 0.15) is 44.9 Å². The average Bonchev–Trinajstić information content (AvgIpc) is 3.46. The second-order valence-electron chi connectivity index (χ2n) is 9.06. The number of nitrogens with zero attached hydrogens (tertiary/aromatic N) is 3. The molecule has 5 rings (SSSR count). The summed E-state index contributed by atoms with van der Waals surface area (Å²) in [4.78, 5) is 43.0. The molecule has 1 aromatic heterocycles. The predicted molar refractivity (Wildman–Crippen MR) is 142 cm³/mol. The Bertz CT molecular complexity index is 1690. The van der Waals surface area contributed by atoms with Crippen molar-refractivity contribution in [3.63, 3.8) is 0 Å². The zero-order valence-electron chi connectivity index (χ0n) is 21.6. The molecule has 2 aliphatic rings. The molecule has 202 valence electrons. The highest BCUT2D eigenvalue weighted by Crippen LogP contribution is 2.38. The topological polar surface area (TPSA) is 131 Å². The van der Waals surface area contributed by atoms with Crippen molar-refractivity contribution in [3.8, 4) is 17.2 Å². The summed E-state index contributed by atoms with van der Waals surface area (Å²) in [6.07, 6.45) is 1.41. The van der Waals surface area contributed by atoms with Gasteiger partial charge in [-0.25, -0.2) is 9.79 Å². The smallest absolute Gasteiger partial charge is 0.338 e. The number of carbonyl (C=O) groups is 1. The normalized spacial score (nSPS) is 16.2. The van der Waals surface area contributed by atoms with Crippen molar-refractivity contribution >= 4 is 29.1 Å². The quantitative estimate of drug-likeness (QED) is 0.248. The third-order valence-electron chi connectivity index (χ3n) is 6.09. The number of nitro groups is 1. The maximum absolute atomic E-state index is 13.8. The summed E-state index contributed by atoms with van der Waals surface area (Å²) in [5.74, 6) is 0.683. The second kappa shape index (κ2) is 10.4. The molecular weight excluding hydrogens is 526 g/mol. The van der Waals surface area contributed by atoms with Gasteiger partial charge in [-0.3, -0.25) is 19.5 Å². The number of carbonyl (C=O) groups excluding carboxylic acids is 1. The molecule has 2 aliphatic heterocycles. The molecule has 0 radical (unpaired) electrons. The summed E-state index contributed by atoms with van der Waals surface area (Å²) in [6, 6.07) is 9.07. The third-order valence-corrected chi connectivity index (χ3v) is 7.07. The number of nitro benzene ring substituents is 1. The van der Waals surface area contributed by atoms with E-state index in [2.05, 4.69) is 4.99 Å². The monoisotopic (exact) mass is 551 g/mol. The molecule has 0 saturated carbocycles. The first-order valence-corrected chi connectivity index (χ1v) is 13.0. The Morgan fingerprint density at radius 1 is 1.26 bits per heavy atom. The van der Waals surface area contributed by atoms with E-state index in [-0.39, 0.29) is 46.6 Å². The summed E-state index contributed by atoms with van der Waals surface area (Å²) < 4.78 is 23.3. The Hall–Kier alpha value is -4.45. The van der Waals surface area contributed by atoms with Gasteiger partial charge in [0.05, 0.1) is 51.1 Å². The van der Waals surface area contributed by atoms with Crippen molar-refractivity contribution < 1.29 is 28.7 Å². The molecule has 0 amide bonds. The molecule has 0 N–H and O–H groups in total. The van der Waals surface area contributed by atoms with E-state index >= 15 is 0 Å². The fourth-order valence-corrected chi connectivity index (χ4v) is 5.51. The SMILES string of the molecule is CCOC(=O)C1=C(C)N=c2s/c(=C\c3cc4c(cc3[N+](=O)[O-])OCO4)c(=O)n2[C@H]1c1ccc(OC(C)C)cc1. The maximum Gasteiger partial charge on any atom is 0.338 e. The Morgan fingerprint density at radius 3 is 2.59 bits per heavy atom. The van der Waals surface area contributed by atoms with Crippen LogP contribution in [0.3, 0.4) is 0 Å². The molecule has 39 heavy (non-hydrogen) atoms. The minimum atomic E-state index is -0.817. The van der Waals surface area contributed by atoms with Crippen LogP contribution >= 0.6 is 11.3 Å². The van der Waals surface area contributed by atoms with E-state index in [1.165, 1.54) is 22.8 Å². The lowest BCUT2D eigenvalue weighted by atomic mass is 9.96. The molecule has 0 bridgehead atoms. The van der Waals surface area contributed by atoms with Crippen molar-refractivity contribution in [2.45, 2.75) is 39.8 Å². The van der Waals surface area contributed by atoms with E-state index < -0.39 is 22.5 Å². The number of allylic oxidation sites excluding steroid dienone is 1. The minimum Gasteiger partial charge on any atom is -0.491 e. The number of rotatable bonds is 7. The van der Waals surface area contributed by atoms with Gasteiger partial charge in [0.1, 0.15) is 5.75 Å². The van der Waals surface area contributed by atoms with Crippen LogP contribution in [0, 0.1) is 10.1 Å². The highest BCUT2D eigenvalue weighted by Gasteiger charge is 2.33. The molecule has 0 spiro atoms. The fourth-order valence-electron chi connectivity index (χ4n) is 4.47. The van der Waals surface area contributed by atoms with Crippen LogP contribution in [0.25, 0.3) is 6.08 Å². The molecule has 3 aromatic rings. The molecule has 0 saturated heterocycles. The van der Waals surface area contributed by atoms with Gasteiger partial charge in [0.25, 0.3) is 11.2 Å². The van der Waals surface area contributed by atoms with Crippen LogP contribution in [-0.2, 0) is 9.53 Å². The van der Waals surface area contributed by atoms with Gasteiger partial charge in [0.2, 0.25) is 6.79 Å². The summed E-state index contributed by atoms with van der Waals surface area (Å²) in [5, 5.41) is 11.8. The van der Waals surface area contributed by atoms with E-state index in [9.17, 15) is 19.7 Å². The number of esters is 1. The van der Waals surface area contributed by atoms with E-state index in [0.29, 0.717) is 27.6 Å². The van der Waals surface area contributed by atoms with Gasteiger partial charge < -0.3 is 18.9 Å². The Labute approximate surface area is 226 Å². The molecule has 0 fully saturated rings. The van der Waals surface area contributed by atoms with Crippen LogP contribution in [-0.4, -0.2) is 35.0 Å². The van der Waals surface area contributed by atoms with E-state index in [1.54, 1.807) is 38.1 Å². The highest BCUT2D eigenvalue weighted by molar-refractivity contribution is 7.07. The van der Waals surface area contributed by atoms with Crippen molar-refractivity contribution in [3.05, 3.63) is 88.6 Å². The van der Waals surface area contributed by atoms with Gasteiger partial charge in [0, 0.05) is 0 Å². The molecule has 0 aliphatic carbocycles. The maximum atomic E-state index is 13.8. The summed E-state index contributed by atoms with van der Waals surface area (Å²) in [7, 11) is 0. The number of fused-ring (bicyclic) bond motifs is 2. The third kappa shape index (κ3) is 4.90. The van der Waals surface area contributed by atoms with E-state index in [0.717, 1.165) is 11.3 Å². The highest BCUT2D eigenvalue weighted by atomic mass is 32.1. The van der Waals surface area contributed by atoms with E-state index in [4.69, 9.17) is 18.9 Å². The summed E-state index contributed by atoms with van der Waals surface area (Å²) in [6.45, 7) is 7.34. The first-order chi connectivity index (χ1) is 18.7. The molecule has 2 aromatic carbocycles. The largest absolute Gasteiger partial charge is 0.491 e. The van der Waals surface area contributed by atoms with Gasteiger partial charge in [-0.1, -0.05) is 23.5 Å². The first kappa shape index (κ1) is 26.2. The number of ether oxygens (including phenoxy) is 4. The van der Waals surface area contributed by atoms with Crippen LogP contribution in [0.4, 0.5) is 5.69 Å². The van der Waals surface area contributed by atoms with Crippen LogP contribution in [0.2, 0.25) is 0 Å². The van der Waals surface area contributed by atoms with Crippen LogP contribution < -0.4 is 29.1 Å². The lowest BCUT2D eigenvalue weighted by Gasteiger charge is -2.25. The lowest BCUT2D eigenvalue weighted by molar-refractivity contribution is -0.385. The molecule has 12 heteroatoms. The minimum absolute atomic E-state index is 0.0222. The van der Waals surface area contributed by atoms with Crippen LogP contribution in [0.15, 0.2) is 57.5 Å². The number of benzene rings is 2. The molecule has 1 atom stereocenters. The second-order valence-corrected chi connectivity index (χ2v) is 10.1. The first-order valence-electron chi connectivity index (χ1n) is 12.2. The molecule has 0 unspecified atom stereocenters. The Kier molecular flexibility index (Phi) is 6.96. The predicted octanol–water partition coefficient (Wildman–Crippen LogP) is 3.22. The standard InChI is InChI=1S/C27H25N3O8S/c1-5-35-26(32)23-15(4)28-27-29(24(23)16-6-8-18(9-7-16)38-14(2)3)25(31)22(39-27)11-17-10-20-21(37-13-36-20)12-19(17)30(33)34/h6-12,14,24H,5,13H2,1-4H3/b22-11-/t24-/m0/s1. The van der Waals surface area contributed by atoms with Gasteiger partial charge in [0.15, 0.2) is 16.3 Å². The summed E-state index contributed by atoms with van der Waals surface area (Å²) in [5.41, 5.74) is 0.816. The lowest BCUT2D eigenvalue weighted by Crippen LogP contribution is -2.39. The molecule has 11 nitrogen and oxygen atoms in total. The Balaban J connectivity index is 1.69. The van der Waals surface area contributed by atoms with Crippen molar-refractivity contribution in [1.29, 1.82) is 0 Å².